The summed E-state index contributed by atoms with van der Waals surface area (Å²) < 4.78 is 0. The second kappa shape index (κ2) is 5.57. The molecule has 1 aliphatic carbocycles. The number of piperidine rings is 1. The van der Waals surface area contributed by atoms with Gasteiger partial charge in [0.1, 0.15) is 0 Å². The van der Waals surface area contributed by atoms with E-state index in [2.05, 4.69) is 42.2 Å². The van der Waals surface area contributed by atoms with Crippen molar-refractivity contribution < 1.29 is 9.90 Å². The van der Waals surface area contributed by atoms with Crippen LogP contribution in [0.1, 0.15) is 31.2 Å². The van der Waals surface area contributed by atoms with Gasteiger partial charge in [0.15, 0.2) is 0 Å². The average Bonchev–Trinajstić information content (AvgIpc) is 3.18. The topological polar surface area (TPSA) is 40.5 Å². The summed E-state index contributed by atoms with van der Waals surface area (Å²) in [7, 11) is 0. The van der Waals surface area contributed by atoms with E-state index in [0.717, 1.165) is 32.0 Å². The van der Waals surface area contributed by atoms with Crippen molar-refractivity contribution >= 4 is 5.97 Å². The van der Waals surface area contributed by atoms with Crippen LogP contribution >= 0.6 is 0 Å². The van der Waals surface area contributed by atoms with Gasteiger partial charge in [-0.1, -0.05) is 37.3 Å². The molecule has 3 rings (SSSR count). The summed E-state index contributed by atoms with van der Waals surface area (Å²) in [6, 6.07) is 10.7. The molecule has 20 heavy (non-hydrogen) atoms. The monoisotopic (exact) mass is 273 g/mol. The number of benzene rings is 1. The van der Waals surface area contributed by atoms with E-state index in [4.69, 9.17) is 0 Å². The zero-order valence-electron chi connectivity index (χ0n) is 12.0. The predicted octanol–water partition coefficient (Wildman–Crippen LogP) is 2.83. The van der Waals surface area contributed by atoms with Crippen molar-refractivity contribution in [2.75, 3.05) is 19.6 Å². The normalized spacial score (nSPS) is 33.9. The number of hydrogen-bond donors (Lipinski definition) is 1. The molecule has 1 heterocycles. The van der Waals surface area contributed by atoms with Crippen LogP contribution in [-0.2, 0) is 4.79 Å². The third kappa shape index (κ3) is 3.04. The summed E-state index contributed by atoms with van der Waals surface area (Å²) in [6.45, 7) is 5.02. The smallest absolute Gasteiger partial charge is 0.307 e. The SMILES string of the molecule is CC1CC(C(=O)O)CN(CC2CC2c2ccccc2)C1. The van der Waals surface area contributed by atoms with Crippen LogP contribution in [0.2, 0.25) is 0 Å². The van der Waals surface area contributed by atoms with E-state index in [1.165, 1.54) is 12.0 Å². The molecule has 2 aliphatic rings. The number of carbonyl (C=O) groups is 1. The van der Waals surface area contributed by atoms with E-state index >= 15 is 0 Å². The minimum atomic E-state index is -0.628. The first-order valence-electron chi connectivity index (χ1n) is 7.63. The van der Waals surface area contributed by atoms with Gasteiger partial charge >= 0.3 is 5.97 Å². The molecule has 4 unspecified atom stereocenters. The Bertz CT molecular complexity index is 473. The minimum Gasteiger partial charge on any atom is -0.481 e. The van der Waals surface area contributed by atoms with Crippen molar-refractivity contribution in [1.82, 2.24) is 4.90 Å². The quantitative estimate of drug-likeness (QED) is 0.917. The summed E-state index contributed by atoms with van der Waals surface area (Å²) in [4.78, 5) is 13.6. The largest absolute Gasteiger partial charge is 0.481 e. The molecule has 1 saturated carbocycles. The van der Waals surface area contributed by atoms with E-state index in [9.17, 15) is 9.90 Å². The molecule has 1 aliphatic heterocycles. The van der Waals surface area contributed by atoms with Gasteiger partial charge in [0.05, 0.1) is 5.92 Å². The summed E-state index contributed by atoms with van der Waals surface area (Å²) in [5.74, 6) is 1.11. The van der Waals surface area contributed by atoms with Crippen LogP contribution in [0.25, 0.3) is 0 Å². The molecule has 0 bridgehead atoms. The van der Waals surface area contributed by atoms with Crippen LogP contribution in [0, 0.1) is 17.8 Å². The van der Waals surface area contributed by atoms with Crippen LogP contribution in [-0.4, -0.2) is 35.6 Å². The number of carboxylic acid groups (broad SMARTS) is 1. The lowest BCUT2D eigenvalue weighted by molar-refractivity contribution is -0.144. The molecular weight excluding hydrogens is 250 g/mol. The lowest BCUT2D eigenvalue weighted by atomic mass is 9.90. The van der Waals surface area contributed by atoms with Gasteiger partial charge in [-0.25, -0.2) is 0 Å². The Morgan fingerprint density at radius 2 is 2.00 bits per heavy atom. The fraction of sp³-hybridized carbons (Fsp3) is 0.588. The van der Waals surface area contributed by atoms with Crippen LogP contribution in [0.15, 0.2) is 30.3 Å². The molecule has 1 aromatic rings. The van der Waals surface area contributed by atoms with Gasteiger partial charge in [-0.15, -0.1) is 0 Å². The van der Waals surface area contributed by atoms with Gasteiger partial charge in [-0.05, 0) is 36.2 Å². The molecule has 3 nitrogen and oxygen atoms in total. The molecule has 2 fully saturated rings. The van der Waals surface area contributed by atoms with Crippen molar-refractivity contribution in [3.8, 4) is 0 Å². The van der Waals surface area contributed by atoms with Gasteiger partial charge < -0.3 is 10.0 Å². The number of aliphatic carboxylic acids is 1. The number of hydrogen-bond acceptors (Lipinski definition) is 2. The highest BCUT2D eigenvalue weighted by atomic mass is 16.4. The Balaban J connectivity index is 1.55. The third-order valence-electron chi connectivity index (χ3n) is 4.73. The van der Waals surface area contributed by atoms with Gasteiger partial charge in [-0.2, -0.15) is 0 Å². The minimum absolute atomic E-state index is 0.173. The van der Waals surface area contributed by atoms with Crippen molar-refractivity contribution in [1.29, 1.82) is 0 Å². The van der Waals surface area contributed by atoms with Crippen LogP contribution in [0.3, 0.4) is 0 Å². The maximum Gasteiger partial charge on any atom is 0.307 e. The lowest BCUT2D eigenvalue weighted by Crippen LogP contribution is -2.43. The van der Waals surface area contributed by atoms with Crippen LogP contribution in [0.5, 0.6) is 0 Å². The molecule has 3 heteroatoms. The molecule has 108 valence electrons. The fourth-order valence-corrected chi connectivity index (χ4v) is 3.68. The summed E-state index contributed by atoms with van der Waals surface area (Å²) >= 11 is 0. The first kappa shape index (κ1) is 13.6. The van der Waals surface area contributed by atoms with Gasteiger partial charge in [0.2, 0.25) is 0 Å². The standard InChI is InChI=1S/C17H23NO2/c1-12-7-15(17(19)20)11-18(9-12)10-14-8-16(14)13-5-3-2-4-6-13/h2-6,12,14-16H,7-11H2,1H3,(H,19,20). The zero-order chi connectivity index (χ0) is 14.1. The van der Waals surface area contributed by atoms with Crippen LogP contribution in [0.4, 0.5) is 0 Å². The Kier molecular flexibility index (Phi) is 3.79. The van der Waals surface area contributed by atoms with Crippen molar-refractivity contribution in [3.05, 3.63) is 35.9 Å². The van der Waals surface area contributed by atoms with Crippen molar-refractivity contribution in [2.45, 2.75) is 25.7 Å². The third-order valence-corrected chi connectivity index (χ3v) is 4.73. The average molecular weight is 273 g/mol. The molecule has 1 N–H and O–H groups in total. The number of likely N-dealkylation sites (tertiary alicyclic amines) is 1. The van der Waals surface area contributed by atoms with Gasteiger partial charge in [0.25, 0.3) is 0 Å². The Hall–Kier alpha value is -1.35. The Morgan fingerprint density at radius 3 is 2.70 bits per heavy atom. The number of nitrogens with zero attached hydrogens (tertiary/aromatic N) is 1. The van der Waals surface area contributed by atoms with E-state index in [1.54, 1.807) is 0 Å². The second-order valence-electron chi connectivity index (χ2n) is 6.61. The summed E-state index contributed by atoms with van der Waals surface area (Å²) in [5, 5.41) is 9.23. The molecule has 1 saturated heterocycles. The second-order valence-corrected chi connectivity index (χ2v) is 6.61. The zero-order valence-corrected chi connectivity index (χ0v) is 12.0. The maximum atomic E-state index is 11.2. The van der Waals surface area contributed by atoms with Gasteiger partial charge in [-0.3, -0.25) is 4.79 Å². The first-order chi connectivity index (χ1) is 9.63. The highest BCUT2D eigenvalue weighted by Gasteiger charge is 2.40. The van der Waals surface area contributed by atoms with E-state index < -0.39 is 5.97 Å². The number of rotatable bonds is 4. The van der Waals surface area contributed by atoms with Crippen molar-refractivity contribution in [2.24, 2.45) is 17.8 Å². The lowest BCUT2D eigenvalue weighted by Gasteiger charge is -2.34. The highest BCUT2D eigenvalue weighted by Crippen LogP contribution is 2.48. The highest BCUT2D eigenvalue weighted by molar-refractivity contribution is 5.70. The molecule has 0 radical (unpaired) electrons. The maximum absolute atomic E-state index is 11.2. The first-order valence-corrected chi connectivity index (χ1v) is 7.63. The van der Waals surface area contributed by atoms with E-state index in [-0.39, 0.29) is 5.92 Å². The molecule has 0 spiro atoms. The predicted molar refractivity (Wildman–Crippen MR) is 78.6 cm³/mol. The molecule has 1 aromatic carbocycles. The van der Waals surface area contributed by atoms with Crippen LogP contribution < -0.4 is 0 Å². The van der Waals surface area contributed by atoms with E-state index in [1.807, 2.05) is 0 Å². The fourth-order valence-electron chi connectivity index (χ4n) is 3.68. The Morgan fingerprint density at radius 1 is 1.25 bits per heavy atom. The summed E-state index contributed by atoms with van der Waals surface area (Å²) in [5.41, 5.74) is 1.44. The van der Waals surface area contributed by atoms with Gasteiger partial charge in [0, 0.05) is 19.6 Å². The molecule has 0 amide bonds. The number of carboxylic acids is 1. The molecule has 4 atom stereocenters. The molecule has 0 aromatic heterocycles. The summed E-state index contributed by atoms with van der Waals surface area (Å²) in [6.07, 6.45) is 2.09. The van der Waals surface area contributed by atoms with E-state index in [0.29, 0.717) is 11.8 Å². The van der Waals surface area contributed by atoms with Crippen molar-refractivity contribution in [3.63, 3.8) is 0 Å². The Labute approximate surface area is 120 Å². The molecular formula is C17H23NO2.